The number of carbonyl (C=O) groups is 1. The van der Waals surface area contributed by atoms with Gasteiger partial charge in [-0.05, 0) is 44.7 Å². The summed E-state index contributed by atoms with van der Waals surface area (Å²) in [6.45, 7) is 3.37. The molecule has 0 radical (unpaired) electrons. The lowest BCUT2D eigenvalue weighted by Gasteiger charge is -2.31. The fourth-order valence-electron chi connectivity index (χ4n) is 2.22. The number of Topliss-reactive ketones (excluding diaryl/α,β-unsaturated/α-hetero) is 1. The molecule has 0 heterocycles. The monoisotopic (exact) mass is 281 g/mol. The Hall–Kier alpha value is -1.20. The van der Waals surface area contributed by atoms with Gasteiger partial charge in [0.1, 0.15) is 0 Å². The van der Waals surface area contributed by atoms with Crippen molar-refractivity contribution in [2.24, 2.45) is 5.92 Å². The molecule has 1 aromatic carbocycles. The summed E-state index contributed by atoms with van der Waals surface area (Å²) >= 11 is 0. The van der Waals surface area contributed by atoms with Gasteiger partial charge >= 0.3 is 0 Å². The Balaban J connectivity index is 2.12. The zero-order valence-electron chi connectivity index (χ0n) is 11.2. The van der Waals surface area contributed by atoms with E-state index in [0.29, 0.717) is 11.5 Å². The van der Waals surface area contributed by atoms with Crippen LogP contribution in [0.15, 0.2) is 29.2 Å². The quantitative estimate of drug-likeness (QED) is 0.843. The van der Waals surface area contributed by atoms with E-state index in [2.05, 4.69) is 4.72 Å². The maximum Gasteiger partial charge on any atom is 0.240 e. The first-order valence-corrected chi connectivity index (χ1v) is 8.02. The fourth-order valence-corrected chi connectivity index (χ4v) is 3.53. The van der Waals surface area contributed by atoms with Crippen LogP contribution in [-0.2, 0) is 10.0 Å². The summed E-state index contributed by atoms with van der Waals surface area (Å²) in [6, 6.07) is 6.01. The van der Waals surface area contributed by atoms with E-state index in [0.717, 1.165) is 12.8 Å². The Labute approximate surface area is 114 Å². The van der Waals surface area contributed by atoms with Crippen LogP contribution in [-0.4, -0.2) is 20.2 Å². The van der Waals surface area contributed by atoms with Gasteiger partial charge in [-0.25, -0.2) is 13.1 Å². The highest BCUT2D eigenvalue weighted by Gasteiger charge is 2.27. The number of hydrogen-bond donors (Lipinski definition) is 1. The Morgan fingerprint density at radius 1 is 1.26 bits per heavy atom. The molecule has 0 amide bonds. The summed E-state index contributed by atoms with van der Waals surface area (Å²) in [5, 5.41) is 0. The number of nitrogens with one attached hydrogen (secondary N) is 1. The van der Waals surface area contributed by atoms with Gasteiger partial charge in [0.2, 0.25) is 10.0 Å². The molecule has 4 nitrogen and oxygen atoms in total. The van der Waals surface area contributed by atoms with Crippen LogP contribution in [0.2, 0.25) is 0 Å². The van der Waals surface area contributed by atoms with Gasteiger partial charge < -0.3 is 0 Å². The molecule has 104 valence electrons. The van der Waals surface area contributed by atoms with Gasteiger partial charge in [0.05, 0.1) is 4.90 Å². The predicted octanol–water partition coefficient (Wildman–Crippen LogP) is 2.36. The average Bonchev–Trinajstić information content (AvgIpc) is 2.25. The lowest BCUT2D eigenvalue weighted by Crippen LogP contribution is -2.40. The van der Waals surface area contributed by atoms with Gasteiger partial charge in [-0.15, -0.1) is 0 Å². The van der Waals surface area contributed by atoms with E-state index < -0.39 is 10.0 Å². The van der Waals surface area contributed by atoms with Gasteiger partial charge in [-0.3, -0.25) is 4.79 Å². The van der Waals surface area contributed by atoms with Crippen LogP contribution < -0.4 is 4.72 Å². The summed E-state index contributed by atoms with van der Waals surface area (Å²) in [5.41, 5.74) is 0.519. The smallest absolute Gasteiger partial charge is 0.240 e. The molecule has 19 heavy (non-hydrogen) atoms. The van der Waals surface area contributed by atoms with Crippen molar-refractivity contribution in [1.29, 1.82) is 0 Å². The van der Waals surface area contributed by atoms with Gasteiger partial charge in [0.15, 0.2) is 5.78 Å². The van der Waals surface area contributed by atoms with Gasteiger partial charge in [-0.2, -0.15) is 0 Å². The fraction of sp³-hybridized carbons (Fsp3) is 0.500. The van der Waals surface area contributed by atoms with Crippen LogP contribution in [0.5, 0.6) is 0 Å². The second kappa shape index (κ2) is 5.43. The third-order valence-electron chi connectivity index (χ3n) is 3.77. The lowest BCUT2D eigenvalue weighted by molar-refractivity contribution is 0.101. The van der Waals surface area contributed by atoms with Crippen LogP contribution in [0, 0.1) is 5.92 Å². The molecular formula is C14H19NO3S. The highest BCUT2D eigenvalue weighted by atomic mass is 32.2. The molecule has 0 aliphatic heterocycles. The summed E-state index contributed by atoms with van der Waals surface area (Å²) in [4.78, 5) is 11.4. The number of sulfonamides is 1. The molecule has 1 aliphatic rings. The standard InChI is InChI=1S/C14H19NO3S/c1-10(12-4-3-5-12)15-19(17,18)14-8-6-13(7-9-14)11(2)16/h6-10,12,15H,3-5H2,1-2H3. The minimum Gasteiger partial charge on any atom is -0.295 e. The van der Waals surface area contributed by atoms with E-state index in [9.17, 15) is 13.2 Å². The Bertz CT molecular complexity index is 559. The Morgan fingerprint density at radius 2 is 1.84 bits per heavy atom. The topological polar surface area (TPSA) is 63.2 Å². The molecule has 1 N–H and O–H groups in total. The zero-order chi connectivity index (χ0) is 14.0. The molecule has 5 heteroatoms. The molecule has 1 saturated carbocycles. The largest absolute Gasteiger partial charge is 0.295 e. The number of ketones is 1. The highest BCUT2D eigenvalue weighted by molar-refractivity contribution is 7.89. The SMILES string of the molecule is CC(=O)c1ccc(S(=O)(=O)NC(C)C2CCC2)cc1. The molecule has 0 saturated heterocycles. The lowest BCUT2D eigenvalue weighted by atomic mass is 9.81. The van der Waals surface area contributed by atoms with E-state index in [1.807, 2.05) is 6.92 Å². The maximum absolute atomic E-state index is 12.2. The van der Waals surface area contributed by atoms with Crippen molar-refractivity contribution in [2.45, 2.75) is 44.0 Å². The average molecular weight is 281 g/mol. The summed E-state index contributed by atoms with van der Waals surface area (Å²) in [7, 11) is -3.48. The molecule has 1 unspecified atom stereocenters. The third-order valence-corrected chi connectivity index (χ3v) is 5.34. The molecule has 1 aromatic rings. The van der Waals surface area contributed by atoms with Crippen LogP contribution in [0.3, 0.4) is 0 Å². The minimum atomic E-state index is -3.48. The molecular weight excluding hydrogens is 262 g/mol. The first-order chi connectivity index (χ1) is 8.90. The van der Waals surface area contributed by atoms with Crippen LogP contribution >= 0.6 is 0 Å². The van der Waals surface area contributed by atoms with E-state index in [1.165, 1.54) is 25.5 Å². The number of rotatable bonds is 5. The molecule has 0 bridgehead atoms. The van der Waals surface area contributed by atoms with Gasteiger partial charge in [-0.1, -0.05) is 18.6 Å². The molecule has 2 rings (SSSR count). The van der Waals surface area contributed by atoms with E-state index in [1.54, 1.807) is 12.1 Å². The maximum atomic E-state index is 12.2. The number of benzene rings is 1. The van der Waals surface area contributed by atoms with Crippen LogP contribution in [0.4, 0.5) is 0 Å². The highest BCUT2D eigenvalue weighted by Crippen LogP contribution is 2.30. The van der Waals surface area contributed by atoms with E-state index in [4.69, 9.17) is 0 Å². The van der Waals surface area contributed by atoms with Gasteiger partial charge in [0.25, 0.3) is 0 Å². The van der Waals surface area contributed by atoms with E-state index in [-0.39, 0.29) is 16.7 Å². The first kappa shape index (κ1) is 14.2. The van der Waals surface area contributed by atoms with Crippen molar-refractivity contribution in [1.82, 2.24) is 4.72 Å². The third kappa shape index (κ3) is 3.22. The van der Waals surface area contributed by atoms with Crippen LogP contribution in [0.25, 0.3) is 0 Å². The van der Waals surface area contributed by atoms with Crippen molar-refractivity contribution in [3.05, 3.63) is 29.8 Å². The van der Waals surface area contributed by atoms with Gasteiger partial charge in [0, 0.05) is 11.6 Å². The van der Waals surface area contributed by atoms with Crippen molar-refractivity contribution in [2.75, 3.05) is 0 Å². The second-order valence-corrected chi connectivity index (χ2v) is 6.90. The molecule has 0 aromatic heterocycles. The molecule has 0 spiro atoms. The summed E-state index contributed by atoms with van der Waals surface area (Å²) in [6.07, 6.45) is 3.37. The first-order valence-electron chi connectivity index (χ1n) is 6.53. The Kier molecular flexibility index (Phi) is 4.06. The normalized spacial score (nSPS) is 17.8. The van der Waals surface area contributed by atoms with Crippen molar-refractivity contribution >= 4 is 15.8 Å². The number of hydrogen-bond acceptors (Lipinski definition) is 3. The van der Waals surface area contributed by atoms with Crippen molar-refractivity contribution in [3.63, 3.8) is 0 Å². The molecule has 1 aliphatic carbocycles. The summed E-state index contributed by atoms with van der Waals surface area (Å²) in [5.74, 6) is 0.381. The number of carbonyl (C=O) groups excluding carboxylic acids is 1. The van der Waals surface area contributed by atoms with Crippen molar-refractivity contribution < 1.29 is 13.2 Å². The summed E-state index contributed by atoms with van der Waals surface area (Å²) < 4.78 is 27.1. The zero-order valence-corrected chi connectivity index (χ0v) is 12.0. The Morgan fingerprint density at radius 3 is 2.26 bits per heavy atom. The molecule has 1 atom stereocenters. The minimum absolute atomic E-state index is 0.0359. The second-order valence-electron chi connectivity index (χ2n) is 5.18. The van der Waals surface area contributed by atoms with Crippen LogP contribution in [0.1, 0.15) is 43.5 Å². The molecule has 1 fully saturated rings. The van der Waals surface area contributed by atoms with E-state index >= 15 is 0 Å². The predicted molar refractivity (Wildman–Crippen MR) is 73.6 cm³/mol. The van der Waals surface area contributed by atoms with Crippen molar-refractivity contribution in [3.8, 4) is 0 Å².